The van der Waals surface area contributed by atoms with E-state index in [1.807, 2.05) is 26.0 Å². The molecule has 100 valence electrons. The molecular weight excluding hydrogens is 266 g/mol. The van der Waals surface area contributed by atoms with E-state index >= 15 is 0 Å². The molecule has 0 N–H and O–H groups in total. The summed E-state index contributed by atoms with van der Waals surface area (Å²) in [7, 11) is 1.31. The van der Waals surface area contributed by atoms with Crippen molar-refractivity contribution in [2.24, 2.45) is 0 Å². The Labute approximate surface area is 116 Å². The lowest BCUT2D eigenvalue weighted by Gasteiger charge is -2.13. The molecule has 4 nitrogen and oxygen atoms in total. The van der Waals surface area contributed by atoms with Crippen molar-refractivity contribution in [1.82, 2.24) is 4.98 Å². The molecule has 0 unspecified atom stereocenters. The summed E-state index contributed by atoms with van der Waals surface area (Å²) in [6.45, 7) is 3.82. The molecule has 0 aliphatic carbocycles. The molecule has 0 aliphatic rings. The highest BCUT2D eigenvalue weighted by Gasteiger charge is 2.15. The smallest absolute Gasteiger partial charge is 0.356 e. The first-order valence-electron chi connectivity index (χ1n) is 5.87. The molecule has 0 radical (unpaired) electrons. The minimum Gasteiger partial charge on any atom is -0.490 e. The lowest BCUT2D eigenvalue weighted by atomic mass is 10.1. The number of fused-ring (bicyclic) bond motifs is 1. The molecular formula is C14H14ClNO3. The number of rotatable bonds is 3. The fraction of sp³-hybridized carbons (Fsp3) is 0.286. The number of benzene rings is 1. The molecule has 1 aromatic carbocycles. The van der Waals surface area contributed by atoms with Gasteiger partial charge >= 0.3 is 5.97 Å². The molecule has 0 bridgehead atoms. The number of methoxy groups -OCH3 is 1. The van der Waals surface area contributed by atoms with Crippen molar-refractivity contribution in [2.45, 2.75) is 20.0 Å². The first-order valence-corrected chi connectivity index (χ1v) is 6.25. The van der Waals surface area contributed by atoms with E-state index in [0.717, 1.165) is 5.39 Å². The Kier molecular flexibility index (Phi) is 3.90. The lowest BCUT2D eigenvalue weighted by Crippen LogP contribution is -2.09. The quantitative estimate of drug-likeness (QED) is 0.807. The number of nitrogens with zero attached hydrogens (tertiary/aromatic N) is 1. The van der Waals surface area contributed by atoms with Crippen LogP contribution < -0.4 is 4.74 Å². The average Bonchev–Trinajstić information content (AvgIpc) is 2.38. The van der Waals surface area contributed by atoms with Crippen molar-refractivity contribution in [3.05, 3.63) is 35.0 Å². The molecule has 0 spiro atoms. The normalized spacial score (nSPS) is 10.8. The molecule has 0 saturated heterocycles. The fourth-order valence-corrected chi connectivity index (χ4v) is 1.96. The molecule has 2 aromatic rings. The van der Waals surface area contributed by atoms with Gasteiger partial charge in [0.15, 0.2) is 5.69 Å². The van der Waals surface area contributed by atoms with Crippen LogP contribution in [0.1, 0.15) is 24.3 Å². The van der Waals surface area contributed by atoms with Crippen LogP contribution in [0.15, 0.2) is 24.3 Å². The lowest BCUT2D eigenvalue weighted by molar-refractivity contribution is 0.0593. The number of esters is 1. The predicted octanol–water partition coefficient (Wildman–Crippen LogP) is 3.46. The number of carbonyl (C=O) groups excluding carboxylic acids is 1. The maximum atomic E-state index is 11.6. The summed E-state index contributed by atoms with van der Waals surface area (Å²) in [5.41, 5.74) is 0.710. The second-order valence-corrected chi connectivity index (χ2v) is 4.71. The van der Waals surface area contributed by atoms with Gasteiger partial charge in [0.1, 0.15) is 5.75 Å². The van der Waals surface area contributed by atoms with Gasteiger partial charge < -0.3 is 9.47 Å². The monoisotopic (exact) mass is 279 g/mol. The largest absolute Gasteiger partial charge is 0.490 e. The van der Waals surface area contributed by atoms with Crippen LogP contribution in [0.5, 0.6) is 5.75 Å². The third-order valence-corrected chi connectivity index (χ3v) is 2.81. The second kappa shape index (κ2) is 5.45. The van der Waals surface area contributed by atoms with E-state index in [2.05, 4.69) is 9.72 Å². The van der Waals surface area contributed by atoms with E-state index < -0.39 is 5.97 Å². The first kappa shape index (κ1) is 13.6. The predicted molar refractivity (Wildman–Crippen MR) is 73.9 cm³/mol. The van der Waals surface area contributed by atoms with Gasteiger partial charge in [-0.3, -0.25) is 0 Å². The van der Waals surface area contributed by atoms with Crippen LogP contribution in [-0.2, 0) is 4.74 Å². The third-order valence-electron chi connectivity index (χ3n) is 2.51. The summed E-state index contributed by atoms with van der Waals surface area (Å²) in [4.78, 5) is 15.9. The summed E-state index contributed by atoms with van der Waals surface area (Å²) in [5, 5.41) is 1.24. The third kappa shape index (κ3) is 2.79. The van der Waals surface area contributed by atoms with E-state index in [1.165, 1.54) is 7.11 Å². The minimum absolute atomic E-state index is 0.0184. The molecule has 0 atom stereocenters. The zero-order valence-corrected chi connectivity index (χ0v) is 11.7. The van der Waals surface area contributed by atoms with Crippen molar-refractivity contribution in [3.8, 4) is 5.75 Å². The SMILES string of the molecule is COC(=O)c1cc(OC(C)C)c2cccc(Cl)c2n1. The Morgan fingerprint density at radius 2 is 2.11 bits per heavy atom. The minimum atomic E-state index is -0.518. The van der Waals surface area contributed by atoms with Crippen LogP contribution in [0, 0.1) is 0 Å². The number of aromatic nitrogens is 1. The van der Waals surface area contributed by atoms with Gasteiger partial charge in [-0.05, 0) is 26.0 Å². The van der Waals surface area contributed by atoms with Crippen molar-refractivity contribution in [1.29, 1.82) is 0 Å². The Morgan fingerprint density at radius 1 is 1.37 bits per heavy atom. The van der Waals surface area contributed by atoms with Crippen LogP contribution in [0.4, 0.5) is 0 Å². The van der Waals surface area contributed by atoms with Gasteiger partial charge in [0.2, 0.25) is 0 Å². The standard InChI is InChI=1S/C14H14ClNO3/c1-8(2)19-12-7-11(14(17)18-3)16-13-9(12)5-4-6-10(13)15/h4-8H,1-3H3. The Bertz CT molecular complexity index is 625. The molecule has 19 heavy (non-hydrogen) atoms. The van der Waals surface area contributed by atoms with Crippen molar-refractivity contribution in [2.75, 3.05) is 7.11 Å². The molecule has 5 heteroatoms. The molecule has 0 fully saturated rings. The van der Waals surface area contributed by atoms with Crippen molar-refractivity contribution in [3.63, 3.8) is 0 Å². The Hall–Kier alpha value is -1.81. The van der Waals surface area contributed by atoms with Gasteiger partial charge in [-0.25, -0.2) is 9.78 Å². The average molecular weight is 280 g/mol. The molecule has 1 heterocycles. The van der Waals surface area contributed by atoms with Crippen molar-refractivity contribution < 1.29 is 14.3 Å². The number of ether oxygens (including phenoxy) is 2. The topological polar surface area (TPSA) is 48.4 Å². The van der Waals surface area contributed by atoms with E-state index in [4.69, 9.17) is 16.3 Å². The molecule has 0 aliphatic heterocycles. The molecule has 0 saturated carbocycles. The van der Waals surface area contributed by atoms with Crippen LogP contribution in [-0.4, -0.2) is 24.2 Å². The zero-order valence-electron chi connectivity index (χ0n) is 10.9. The molecule has 0 amide bonds. The number of halogens is 1. The Balaban J connectivity index is 2.69. The number of hydrogen-bond donors (Lipinski definition) is 0. The van der Waals surface area contributed by atoms with Gasteiger partial charge in [0.05, 0.1) is 23.8 Å². The summed E-state index contributed by atoms with van der Waals surface area (Å²) in [6, 6.07) is 6.96. The maximum absolute atomic E-state index is 11.6. The highest BCUT2D eigenvalue weighted by atomic mass is 35.5. The fourth-order valence-electron chi connectivity index (χ4n) is 1.74. The van der Waals surface area contributed by atoms with Gasteiger partial charge in [-0.2, -0.15) is 0 Å². The second-order valence-electron chi connectivity index (χ2n) is 4.30. The van der Waals surface area contributed by atoms with Crippen LogP contribution in [0.25, 0.3) is 10.9 Å². The van der Waals surface area contributed by atoms with Crippen LogP contribution in [0.3, 0.4) is 0 Å². The number of hydrogen-bond acceptors (Lipinski definition) is 4. The van der Waals surface area contributed by atoms with E-state index in [9.17, 15) is 4.79 Å². The van der Waals surface area contributed by atoms with Crippen molar-refractivity contribution >= 4 is 28.5 Å². The highest BCUT2D eigenvalue weighted by molar-refractivity contribution is 6.35. The zero-order chi connectivity index (χ0) is 14.0. The Morgan fingerprint density at radius 3 is 2.74 bits per heavy atom. The van der Waals surface area contributed by atoms with E-state index in [0.29, 0.717) is 16.3 Å². The number of carbonyl (C=O) groups is 1. The molecule has 2 rings (SSSR count). The summed E-state index contributed by atoms with van der Waals surface area (Å²) in [5.74, 6) is 0.0540. The molecule has 1 aromatic heterocycles. The number of para-hydroxylation sites is 1. The van der Waals surface area contributed by atoms with Gasteiger partial charge in [0.25, 0.3) is 0 Å². The summed E-state index contributed by atoms with van der Waals surface area (Å²) in [6.07, 6.45) is -0.0184. The van der Waals surface area contributed by atoms with Crippen LogP contribution in [0.2, 0.25) is 5.02 Å². The first-order chi connectivity index (χ1) is 9.02. The van der Waals surface area contributed by atoms with E-state index in [1.54, 1.807) is 12.1 Å². The maximum Gasteiger partial charge on any atom is 0.356 e. The number of pyridine rings is 1. The summed E-state index contributed by atoms with van der Waals surface area (Å²) < 4.78 is 10.4. The summed E-state index contributed by atoms with van der Waals surface area (Å²) >= 11 is 6.12. The van der Waals surface area contributed by atoms with Gasteiger partial charge in [0, 0.05) is 11.5 Å². The van der Waals surface area contributed by atoms with Gasteiger partial charge in [-0.15, -0.1) is 0 Å². The highest BCUT2D eigenvalue weighted by Crippen LogP contribution is 2.30. The van der Waals surface area contributed by atoms with Crippen LogP contribution >= 0.6 is 11.6 Å². The van der Waals surface area contributed by atoms with Gasteiger partial charge in [-0.1, -0.05) is 17.7 Å². The van der Waals surface area contributed by atoms with E-state index in [-0.39, 0.29) is 11.8 Å².